The minimum atomic E-state index is -4.39. The van der Waals surface area contributed by atoms with E-state index in [-0.39, 0.29) is 12.5 Å². The van der Waals surface area contributed by atoms with Gasteiger partial charge in [-0.15, -0.1) is 0 Å². The lowest BCUT2D eigenvalue weighted by atomic mass is 10.2. The van der Waals surface area contributed by atoms with Gasteiger partial charge in [0.1, 0.15) is 0 Å². The maximum Gasteiger partial charge on any atom is 0.416 e. The van der Waals surface area contributed by atoms with Gasteiger partial charge in [0.15, 0.2) is 0 Å². The highest BCUT2D eigenvalue weighted by molar-refractivity contribution is 6.30. The zero-order valence-corrected chi connectivity index (χ0v) is 12.9. The average molecular weight is 343 g/mol. The summed E-state index contributed by atoms with van der Waals surface area (Å²) in [5, 5.41) is 6.07. The molecule has 2 N–H and O–H groups in total. The lowest BCUT2D eigenvalue weighted by Gasteiger charge is -2.11. The number of nitrogens with one attached hydrogen (secondary N) is 2. The summed E-state index contributed by atoms with van der Waals surface area (Å²) in [7, 11) is 0. The highest BCUT2D eigenvalue weighted by Crippen LogP contribution is 2.29. The number of rotatable bonds is 4. The lowest BCUT2D eigenvalue weighted by Crippen LogP contribution is -2.22. The van der Waals surface area contributed by atoms with Crippen LogP contribution in [0.2, 0.25) is 5.02 Å². The fourth-order valence-electron chi connectivity index (χ4n) is 1.95. The van der Waals surface area contributed by atoms with Crippen LogP contribution in [0.3, 0.4) is 0 Å². The molecule has 0 aliphatic rings. The summed E-state index contributed by atoms with van der Waals surface area (Å²) in [5.74, 6) is -0.362. The van der Waals surface area contributed by atoms with Crippen molar-refractivity contribution in [1.29, 1.82) is 0 Å². The van der Waals surface area contributed by atoms with Crippen LogP contribution in [0, 0.1) is 6.92 Å². The predicted molar refractivity (Wildman–Crippen MR) is 84.8 cm³/mol. The first-order valence-corrected chi connectivity index (χ1v) is 7.10. The Morgan fingerprint density at radius 2 is 1.78 bits per heavy atom. The molecule has 0 aromatic heterocycles. The second-order valence-corrected chi connectivity index (χ2v) is 5.37. The molecule has 0 aliphatic carbocycles. The maximum absolute atomic E-state index is 12.5. The molecule has 0 atom stereocenters. The van der Waals surface area contributed by atoms with Crippen molar-refractivity contribution < 1.29 is 18.0 Å². The van der Waals surface area contributed by atoms with Crippen molar-refractivity contribution in [2.24, 2.45) is 0 Å². The topological polar surface area (TPSA) is 41.1 Å². The van der Waals surface area contributed by atoms with E-state index >= 15 is 0 Å². The molecule has 0 saturated carbocycles. The van der Waals surface area contributed by atoms with Crippen molar-refractivity contribution >= 4 is 28.9 Å². The summed E-state index contributed by atoms with van der Waals surface area (Å²) in [5.41, 5.74) is 1.19. The maximum atomic E-state index is 12.5. The zero-order valence-electron chi connectivity index (χ0n) is 12.2. The van der Waals surface area contributed by atoms with Gasteiger partial charge in [-0.2, -0.15) is 13.2 Å². The number of anilines is 2. The van der Waals surface area contributed by atoms with E-state index in [0.29, 0.717) is 10.7 Å². The molecule has 0 fully saturated rings. The number of halogens is 4. The molecule has 0 saturated heterocycles. The second kappa shape index (κ2) is 6.91. The highest BCUT2D eigenvalue weighted by atomic mass is 35.5. The van der Waals surface area contributed by atoms with Crippen molar-refractivity contribution in [2.45, 2.75) is 13.1 Å². The number of carbonyl (C=O) groups is 1. The number of aryl methyl sites for hydroxylation is 1. The molecule has 0 unspecified atom stereocenters. The van der Waals surface area contributed by atoms with Gasteiger partial charge in [-0.25, -0.2) is 0 Å². The number of benzene rings is 2. The number of amides is 1. The summed E-state index contributed by atoms with van der Waals surface area (Å²) < 4.78 is 37.4. The van der Waals surface area contributed by atoms with Gasteiger partial charge in [0.05, 0.1) is 12.1 Å². The Morgan fingerprint density at radius 1 is 1.13 bits per heavy atom. The molecular weight excluding hydrogens is 329 g/mol. The Balaban J connectivity index is 1.92. The van der Waals surface area contributed by atoms with Crippen molar-refractivity contribution in [1.82, 2.24) is 0 Å². The number of hydrogen-bond acceptors (Lipinski definition) is 2. The highest BCUT2D eigenvalue weighted by Gasteiger charge is 2.29. The predicted octanol–water partition coefficient (Wildman–Crippen LogP) is 4.72. The van der Waals surface area contributed by atoms with E-state index in [9.17, 15) is 18.0 Å². The van der Waals surface area contributed by atoms with Gasteiger partial charge in [0, 0.05) is 16.4 Å². The smallest absolute Gasteiger partial charge is 0.376 e. The third-order valence-corrected chi connectivity index (χ3v) is 3.36. The standard InChI is InChI=1S/C16H14ClF3N2O/c1-10-8-12(17)4-7-14(10)21-9-15(23)22-13-5-2-11(3-6-13)16(18,19)20/h2-8,21H,9H2,1H3,(H,22,23). The van der Waals surface area contributed by atoms with Crippen molar-refractivity contribution in [3.63, 3.8) is 0 Å². The molecule has 3 nitrogen and oxygen atoms in total. The van der Waals surface area contributed by atoms with Crippen LogP contribution in [0.5, 0.6) is 0 Å². The molecular formula is C16H14ClF3N2O. The normalized spacial score (nSPS) is 11.2. The lowest BCUT2D eigenvalue weighted by molar-refractivity contribution is -0.137. The van der Waals surface area contributed by atoms with Gasteiger partial charge in [-0.1, -0.05) is 11.6 Å². The average Bonchev–Trinajstić information content (AvgIpc) is 2.46. The third-order valence-electron chi connectivity index (χ3n) is 3.12. The van der Waals surface area contributed by atoms with Gasteiger partial charge in [0.25, 0.3) is 0 Å². The van der Waals surface area contributed by atoms with Crippen LogP contribution in [-0.2, 0) is 11.0 Å². The number of alkyl halides is 3. The van der Waals surface area contributed by atoms with E-state index in [4.69, 9.17) is 11.6 Å². The van der Waals surface area contributed by atoms with E-state index in [1.165, 1.54) is 12.1 Å². The van der Waals surface area contributed by atoms with Crippen molar-refractivity contribution in [3.8, 4) is 0 Å². The van der Waals surface area contributed by atoms with Crippen molar-refractivity contribution in [2.75, 3.05) is 17.2 Å². The molecule has 0 radical (unpaired) electrons. The molecule has 2 aromatic carbocycles. The minimum absolute atomic E-state index is 0.0104. The molecule has 2 aromatic rings. The van der Waals surface area contributed by atoms with Gasteiger partial charge >= 0.3 is 6.18 Å². The van der Waals surface area contributed by atoms with E-state index < -0.39 is 11.7 Å². The summed E-state index contributed by atoms with van der Waals surface area (Å²) in [6.45, 7) is 1.84. The monoisotopic (exact) mass is 342 g/mol. The van der Waals surface area contributed by atoms with E-state index in [1.54, 1.807) is 18.2 Å². The van der Waals surface area contributed by atoms with Crippen LogP contribution in [0.15, 0.2) is 42.5 Å². The third kappa shape index (κ3) is 4.89. The number of hydrogen-bond donors (Lipinski definition) is 2. The molecule has 0 spiro atoms. The molecule has 0 heterocycles. The Morgan fingerprint density at radius 3 is 2.35 bits per heavy atom. The van der Waals surface area contributed by atoms with Crippen LogP contribution in [0.4, 0.5) is 24.5 Å². The summed E-state index contributed by atoms with van der Waals surface area (Å²) in [6, 6.07) is 9.49. The summed E-state index contributed by atoms with van der Waals surface area (Å²) in [4.78, 5) is 11.8. The van der Waals surface area contributed by atoms with Gasteiger partial charge in [0.2, 0.25) is 5.91 Å². The molecule has 23 heavy (non-hydrogen) atoms. The first-order valence-electron chi connectivity index (χ1n) is 6.73. The van der Waals surface area contributed by atoms with E-state index in [1.807, 2.05) is 6.92 Å². The molecule has 0 bridgehead atoms. The summed E-state index contributed by atoms with van der Waals surface area (Å²) in [6.07, 6.45) is -4.39. The second-order valence-electron chi connectivity index (χ2n) is 4.94. The minimum Gasteiger partial charge on any atom is -0.376 e. The Hall–Kier alpha value is -2.21. The first kappa shape index (κ1) is 17.1. The van der Waals surface area contributed by atoms with Gasteiger partial charge < -0.3 is 10.6 Å². The molecule has 122 valence electrons. The summed E-state index contributed by atoms with van der Waals surface area (Å²) >= 11 is 5.84. The van der Waals surface area contributed by atoms with Crippen molar-refractivity contribution in [3.05, 3.63) is 58.6 Å². The largest absolute Gasteiger partial charge is 0.416 e. The zero-order chi connectivity index (χ0) is 17.0. The fraction of sp³-hybridized carbons (Fsp3) is 0.188. The molecule has 2 rings (SSSR count). The van der Waals surface area contributed by atoms with E-state index in [0.717, 1.165) is 23.4 Å². The Bertz CT molecular complexity index is 699. The first-order chi connectivity index (χ1) is 10.8. The quantitative estimate of drug-likeness (QED) is 0.844. The molecule has 7 heteroatoms. The SMILES string of the molecule is Cc1cc(Cl)ccc1NCC(=O)Nc1ccc(C(F)(F)F)cc1. The van der Waals surface area contributed by atoms with Crippen LogP contribution < -0.4 is 10.6 Å². The molecule has 1 amide bonds. The van der Waals surface area contributed by atoms with Gasteiger partial charge in [-0.3, -0.25) is 4.79 Å². The fourth-order valence-corrected chi connectivity index (χ4v) is 2.18. The van der Waals surface area contributed by atoms with Crippen LogP contribution >= 0.6 is 11.6 Å². The van der Waals surface area contributed by atoms with Crippen LogP contribution in [0.25, 0.3) is 0 Å². The number of carbonyl (C=O) groups excluding carboxylic acids is 1. The van der Waals surface area contributed by atoms with Crippen LogP contribution in [-0.4, -0.2) is 12.5 Å². The Labute approximate surface area is 136 Å². The molecule has 0 aliphatic heterocycles. The Kier molecular flexibility index (Phi) is 5.15. The van der Waals surface area contributed by atoms with Gasteiger partial charge in [-0.05, 0) is 55.0 Å². The van der Waals surface area contributed by atoms with E-state index in [2.05, 4.69) is 10.6 Å². The van der Waals surface area contributed by atoms with Crippen LogP contribution in [0.1, 0.15) is 11.1 Å².